The van der Waals surface area contributed by atoms with Gasteiger partial charge in [0.2, 0.25) is 6.79 Å². The van der Waals surface area contributed by atoms with E-state index < -0.39 is 0 Å². The van der Waals surface area contributed by atoms with Gasteiger partial charge >= 0.3 is 6.03 Å². The predicted molar refractivity (Wildman–Crippen MR) is 91.8 cm³/mol. The number of nitrogens with one attached hydrogen (secondary N) is 1. The number of rotatable bonds is 4. The second kappa shape index (κ2) is 7.49. The summed E-state index contributed by atoms with van der Waals surface area (Å²) >= 11 is 0. The lowest BCUT2D eigenvalue weighted by atomic mass is 10.1. The van der Waals surface area contributed by atoms with Crippen LogP contribution in [0.2, 0.25) is 0 Å². The van der Waals surface area contributed by atoms with Crippen molar-refractivity contribution in [1.29, 1.82) is 0 Å². The van der Waals surface area contributed by atoms with Crippen LogP contribution in [0.1, 0.15) is 18.4 Å². The van der Waals surface area contributed by atoms with Crippen molar-refractivity contribution in [2.24, 2.45) is 0 Å². The molecule has 1 atom stereocenters. The molecule has 2 amide bonds. The van der Waals surface area contributed by atoms with Gasteiger partial charge < -0.3 is 24.4 Å². The van der Waals surface area contributed by atoms with Gasteiger partial charge in [0.1, 0.15) is 0 Å². The van der Waals surface area contributed by atoms with Crippen molar-refractivity contribution in [3.05, 3.63) is 23.8 Å². The average Bonchev–Trinajstić information content (AvgIpc) is 3.31. The van der Waals surface area contributed by atoms with E-state index in [1.54, 1.807) is 0 Å². The molecule has 0 unspecified atom stereocenters. The van der Waals surface area contributed by atoms with Crippen LogP contribution in [0.5, 0.6) is 11.5 Å². The van der Waals surface area contributed by atoms with E-state index in [1.165, 1.54) is 5.56 Å². The second-order valence-corrected chi connectivity index (χ2v) is 6.77. The third kappa shape index (κ3) is 3.99. The number of nitrogens with zero attached hydrogens (tertiary/aromatic N) is 2. The average molecular weight is 347 g/mol. The molecule has 2 saturated heterocycles. The number of ether oxygens (including phenoxy) is 3. The van der Waals surface area contributed by atoms with Gasteiger partial charge in [-0.1, -0.05) is 6.07 Å². The first kappa shape index (κ1) is 16.5. The van der Waals surface area contributed by atoms with Crippen molar-refractivity contribution in [3.63, 3.8) is 0 Å². The molecule has 136 valence electrons. The Morgan fingerprint density at radius 3 is 2.80 bits per heavy atom. The molecule has 3 aliphatic heterocycles. The fourth-order valence-electron chi connectivity index (χ4n) is 3.52. The summed E-state index contributed by atoms with van der Waals surface area (Å²) in [4.78, 5) is 16.5. The lowest BCUT2D eigenvalue weighted by Gasteiger charge is -2.34. The maximum atomic E-state index is 12.3. The number of carbonyl (C=O) groups is 1. The van der Waals surface area contributed by atoms with E-state index in [2.05, 4.69) is 16.3 Å². The fraction of sp³-hybridized carbons (Fsp3) is 0.611. The molecule has 0 radical (unpaired) electrons. The van der Waals surface area contributed by atoms with Crippen molar-refractivity contribution in [1.82, 2.24) is 15.1 Å². The van der Waals surface area contributed by atoms with Crippen molar-refractivity contribution in [3.8, 4) is 11.5 Å². The molecule has 1 aromatic rings. The molecule has 0 bridgehead atoms. The minimum absolute atomic E-state index is 0.0261. The number of carbonyl (C=O) groups excluding carboxylic acids is 1. The minimum atomic E-state index is 0.0261. The Morgan fingerprint density at radius 2 is 2.00 bits per heavy atom. The summed E-state index contributed by atoms with van der Waals surface area (Å²) in [6.45, 7) is 5.86. The predicted octanol–water partition coefficient (Wildman–Crippen LogP) is 1.42. The molecule has 1 aromatic carbocycles. The summed E-state index contributed by atoms with van der Waals surface area (Å²) in [5.41, 5.74) is 1.21. The standard InChI is InChI=1S/C18H25N3O4/c22-18(19-11-15-2-1-9-23-15)21-7-5-20(6-8-21)12-14-3-4-16-17(10-14)25-13-24-16/h3-4,10,15H,1-2,5-9,11-13H2,(H,19,22)/t15-/m1/s1. The molecule has 25 heavy (non-hydrogen) atoms. The summed E-state index contributed by atoms with van der Waals surface area (Å²) in [6, 6.07) is 6.11. The smallest absolute Gasteiger partial charge is 0.317 e. The highest BCUT2D eigenvalue weighted by Gasteiger charge is 2.23. The molecule has 3 heterocycles. The van der Waals surface area contributed by atoms with Crippen LogP contribution in [0.15, 0.2) is 18.2 Å². The first-order valence-corrected chi connectivity index (χ1v) is 9.03. The van der Waals surface area contributed by atoms with E-state index in [0.29, 0.717) is 13.3 Å². The summed E-state index contributed by atoms with van der Waals surface area (Å²) in [5.74, 6) is 1.64. The summed E-state index contributed by atoms with van der Waals surface area (Å²) in [5, 5.41) is 3.00. The van der Waals surface area contributed by atoms with Crippen LogP contribution in [0.25, 0.3) is 0 Å². The van der Waals surface area contributed by atoms with E-state index in [9.17, 15) is 4.79 Å². The highest BCUT2D eigenvalue weighted by atomic mass is 16.7. The maximum Gasteiger partial charge on any atom is 0.317 e. The van der Waals surface area contributed by atoms with Crippen LogP contribution < -0.4 is 14.8 Å². The molecule has 0 aliphatic carbocycles. The topological polar surface area (TPSA) is 63.3 Å². The number of piperazine rings is 1. The third-order valence-corrected chi connectivity index (χ3v) is 5.01. The van der Waals surface area contributed by atoms with E-state index in [0.717, 1.165) is 63.7 Å². The van der Waals surface area contributed by atoms with Gasteiger partial charge in [-0.2, -0.15) is 0 Å². The van der Waals surface area contributed by atoms with Crippen molar-refractivity contribution in [2.75, 3.05) is 46.1 Å². The number of hydrogen-bond acceptors (Lipinski definition) is 5. The van der Waals surface area contributed by atoms with Gasteiger partial charge in [-0.15, -0.1) is 0 Å². The molecule has 7 heteroatoms. The Bertz CT molecular complexity index is 610. The first-order chi connectivity index (χ1) is 12.3. The Kier molecular flexibility index (Phi) is 4.94. The van der Waals surface area contributed by atoms with Gasteiger partial charge in [-0.3, -0.25) is 4.90 Å². The third-order valence-electron chi connectivity index (χ3n) is 5.01. The Labute approximate surface area is 147 Å². The van der Waals surface area contributed by atoms with Crippen molar-refractivity contribution < 1.29 is 19.0 Å². The SMILES string of the molecule is O=C(NC[C@H]1CCCO1)N1CCN(Cc2ccc3c(c2)OCO3)CC1. The quantitative estimate of drug-likeness (QED) is 0.893. The highest BCUT2D eigenvalue weighted by molar-refractivity contribution is 5.74. The van der Waals surface area contributed by atoms with Crippen LogP contribution in [0.4, 0.5) is 4.79 Å². The zero-order chi connectivity index (χ0) is 17.1. The highest BCUT2D eigenvalue weighted by Crippen LogP contribution is 2.32. The second-order valence-electron chi connectivity index (χ2n) is 6.77. The molecule has 0 saturated carbocycles. The molecule has 2 fully saturated rings. The van der Waals surface area contributed by atoms with Gasteiger partial charge in [-0.05, 0) is 30.5 Å². The van der Waals surface area contributed by atoms with Crippen molar-refractivity contribution >= 4 is 6.03 Å². The van der Waals surface area contributed by atoms with E-state index >= 15 is 0 Å². The van der Waals surface area contributed by atoms with Gasteiger partial charge in [-0.25, -0.2) is 4.79 Å². The van der Waals surface area contributed by atoms with E-state index in [4.69, 9.17) is 14.2 Å². The maximum absolute atomic E-state index is 12.3. The lowest BCUT2D eigenvalue weighted by Crippen LogP contribution is -2.52. The molecule has 0 aromatic heterocycles. The summed E-state index contributed by atoms with van der Waals surface area (Å²) in [7, 11) is 0. The molecule has 7 nitrogen and oxygen atoms in total. The number of hydrogen-bond donors (Lipinski definition) is 1. The van der Waals surface area contributed by atoms with Crippen LogP contribution in [0, 0.1) is 0 Å². The van der Waals surface area contributed by atoms with Gasteiger partial charge in [0.25, 0.3) is 0 Å². The molecule has 0 spiro atoms. The van der Waals surface area contributed by atoms with Crippen molar-refractivity contribution in [2.45, 2.75) is 25.5 Å². The normalized spacial score (nSPS) is 23.0. The number of amides is 2. The number of urea groups is 1. The van der Waals surface area contributed by atoms with Crippen LogP contribution in [0.3, 0.4) is 0 Å². The van der Waals surface area contributed by atoms with E-state index in [1.807, 2.05) is 17.0 Å². The van der Waals surface area contributed by atoms with E-state index in [-0.39, 0.29) is 12.1 Å². The molecule has 1 N–H and O–H groups in total. The number of benzene rings is 1. The van der Waals surface area contributed by atoms with Crippen LogP contribution in [-0.2, 0) is 11.3 Å². The largest absolute Gasteiger partial charge is 0.454 e. The van der Waals surface area contributed by atoms with Gasteiger partial charge in [0.05, 0.1) is 6.10 Å². The zero-order valence-corrected chi connectivity index (χ0v) is 14.4. The van der Waals surface area contributed by atoms with Gasteiger partial charge in [0.15, 0.2) is 11.5 Å². The summed E-state index contributed by atoms with van der Waals surface area (Å²) < 4.78 is 16.3. The minimum Gasteiger partial charge on any atom is -0.454 e. The molecular weight excluding hydrogens is 322 g/mol. The lowest BCUT2D eigenvalue weighted by molar-refractivity contribution is 0.104. The number of fused-ring (bicyclic) bond motifs is 1. The zero-order valence-electron chi connectivity index (χ0n) is 14.4. The van der Waals surface area contributed by atoms with Gasteiger partial charge in [0, 0.05) is 45.9 Å². The van der Waals surface area contributed by atoms with Crippen LogP contribution in [-0.4, -0.2) is 68.1 Å². The molecule has 3 aliphatic rings. The first-order valence-electron chi connectivity index (χ1n) is 9.03. The van der Waals surface area contributed by atoms with Crippen LogP contribution >= 0.6 is 0 Å². The Morgan fingerprint density at radius 1 is 1.16 bits per heavy atom. The molecule has 4 rings (SSSR count). The monoisotopic (exact) mass is 347 g/mol. The fourth-order valence-corrected chi connectivity index (χ4v) is 3.52. The Hall–Kier alpha value is -1.99. The Balaban J connectivity index is 1.22. The summed E-state index contributed by atoms with van der Waals surface area (Å²) in [6.07, 6.45) is 2.33. The molecular formula is C18H25N3O4.